The van der Waals surface area contributed by atoms with Crippen molar-refractivity contribution in [2.24, 2.45) is 0 Å². The number of nitrogens with one attached hydrogen (secondary N) is 2. The summed E-state index contributed by atoms with van der Waals surface area (Å²) in [5.74, 6) is 0.585. The topological polar surface area (TPSA) is 74.6 Å². The number of amides is 2. The second kappa shape index (κ2) is 9.99. The van der Waals surface area contributed by atoms with Gasteiger partial charge in [0.15, 0.2) is 0 Å². The lowest BCUT2D eigenvalue weighted by atomic mass is 10.2. The number of hydrogen-bond acceptors (Lipinski definition) is 4. The van der Waals surface area contributed by atoms with Crippen LogP contribution < -0.4 is 10.6 Å². The molecule has 6 nitrogen and oxygen atoms in total. The Hall–Kier alpha value is -2.31. The van der Waals surface area contributed by atoms with Crippen molar-refractivity contribution in [3.8, 4) is 0 Å². The second-order valence-electron chi connectivity index (χ2n) is 6.17. The van der Waals surface area contributed by atoms with E-state index in [0.717, 1.165) is 5.76 Å². The summed E-state index contributed by atoms with van der Waals surface area (Å²) in [6.45, 7) is 0.903. The lowest BCUT2D eigenvalue weighted by Gasteiger charge is -2.22. The lowest BCUT2D eigenvalue weighted by molar-refractivity contribution is -0.121. The van der Waals surface area contributed by atoms with E-state index in [1.807, 2.05) is 31.1 Å². The molecule has 2 amide bonds. The molecule has 1 aromatic carbocycles. The Morgan fingerprint density at radius 1 is 1.15 bits per heavy atom. The van der Waals surface area contributed by atoms with Crippen molar-refractivity contribution in [2.75, 3.05) is 27.2 Å². The Kier molecular flexibility index (Phi) is 7.69. The van der Waals surface area contributed by atoms with Gasteiger partial charge in [0.25, 0.3) is 5.91 Å². The summed E-state index contributed by atoms with van der Waals surface area (Å²) in [6.07, 6.45) is 2.54. The van der Waals surface area contributed by atoms with Gasteiger partial charge >= 0.3 is 0 Å². The molecule has 1 aromatic heterocycles. The van der Waals surface area contributed by atoms with Crippen molar-refractivity contribution < 1.29 is 14.0 Å². The number of nitrogens with zero attached hydrogens (tertiary/aromatic N) is 1. The number of furan rings is 1. The van der Waals surface area contributed by atoms with Crippen LogP contribution in [0.15, 0.2) is 47.1 Å². The highest BCUT2D eigenvalue weighted by Gasteiger charge is 2.17. The van der Waals surface area contributed by atoms with E-state index in [0.29, 0.717) is 36.5 Å². The fraction of sp³-hybridized carbons (Fsp3) is 0.368. The zero-order valence-corrected chi connectivity index (χ0v) is 15.8. The van der Waals surface area contributed by atoms with E-state index in [2.05, 4.69) is 10.6 Å². The summed E-state index contributed by atoms with van der Waals surface area (Å²) in [7, 11) is 3.87. The van der Waals surface area contributed by atoms with Gasteiger partial charge in [-0.3, -0.25) is 14.5 Å². The first-order chi connectivity index (χ1) is 12.5. The van der Waals surface area contributed by atoms with Crippen LogP contribution in [0.5, 0.6) is 0 Å². The van der Waals surface area contributed by atoms with Gasteiger partial charge in [0.2, 0.25) is 5.91 Å². The van der Waals surface area contributed by atoms with E-state index in [9.17, 15) is 9.59 Å². The van der Waals surface area contributed by atoms with Crippen LogP contribution >= 0.6 is 11.6 Å². The molecule has 0 radical (unpaired) electrons. The SMILES string of the molecule is CN(C)[C@H](CNC(=O)CCCNC(=O)c1ccc(Cl)cc1)c1ccco1. The van der Waals surface area contributed by atoms with Gasteiger partial charge < -0.3 is 15.1 Å². The summed E-state index contributed by atoms with van der Waals surface area (Å²) in [5.41, 5.74) is 0.547. The standard InChI is InChI=1S/C19H24ClN3O3/c1-23(2)16(17-5-4-12-26-17)13-22-18(24)6-3-11-21-19(25)14-7-9-15(20)10-8-14/h4-5,7-10,12,16H,3,6,11,13H2,1-2H3,(H,21,25)(H,22,24)/t16-/m1/s1. The highest BCUT2D eigenvalue weighted by Crippen LogP contribution is 2.17. The van der Waals surface area contributed by atoms with Gasteiger partial charge in [-0.15, -0.1) is 0 Å². The predicted octanol–water partition coefficient (Wildman–Crippen LogP) is 2.86. The van der Waals surface area contributed by atoms with Crippen LogP contribution in [0.2, 0.25) is 5.02 Å². The van der Waals surface area contributed by atoms with Gasteiger partial charge in [-0.1, -0.05) is 11.6 Å². The maximum atomic E-state index is 12.0. The van der Waals surface area contributed by atoms with E-state index < -0.39 is 0 Å². The van der Waals surface area contributed by atoms with E-state index in [-0.39, 0.29) is 17.9 Å². The van der Waals surface area contributed by atoms with Crippen LogP contribution in [0.3, 0.4) is 0 Å². The molecule has 0 aliphatic carbocycles. The van der Waals surface area contributed by atoms with Gasteiger partial charge in [-0.2, -0.15) is 0 Å². The third-order valence-corrected chi connectivity index (χ3v) is 4.21. The molecule has 0 spiro atoms. The number of likely N-dealkylation sites (N-methyl/N-ethyl adjacent to an activating group) is 1. The van der Waals surface area contributed by atoms with Gasteiger partial charge in [0, 0.05) is 30.1 Å². The van der Waals surface area contributed by atoms with Gasteiger partial charge in [0.05, 0.1) is 12.3 Å². The molecule has 2 N–H and O–H groups in total. The minimum absolute atomic E-state index is 0.0152. The van der Waals surface area contributed by atoms with Crippen LogP contribution in [0.25, 0.3) is 0 Å². The van der Waals surface area contributed by atoms with E-state index in [1.54, 1.807) is 30.5 Å². The van der Waals surface area contributed by atoms with Gasteiger partial charge in [-0.25, -0.2) is 0 Å². The average Bonchev–Trinajstić information content (AvgIpc) is 3.13. The highest BCUT2D eigenvalue weighted by atomic mass is 35.5. The zero-order valence-electron chi connectivity index (χ0n) is 15.0. The fourth-order valence-electron chi connectivity index (χ4n) is 2.47. The lowest BCUT2D eigenvalue weighted by Crippen LogP contribution is -2.34. The highest BCUT2D eigenvalue weighted by molar-refractivity contribution is 6.30. The summed E-state index contributed by atoms with van der Waals surface area (Å²) in [4.78, 5) is 25.9. The van der Waals surface area contributed by atoms with Crippen molar-refractivity contribution in [3.63, 3.8) is 0 Å². The number of halogens is 1. The largest absolute Gasteiger partial charge is 0.468 e. The Labute approximate surface area is 158 Å². The average molecular weight is 378 g/mol. The number of rotatable bonds is 9. The number of hydrogen-bond donors (Lipinski definition) is 2. The first-order valence-corrected chi connectivity index (χ1v) is 8.85. The van der Waals surface area contributed by atoms with Crippen LogP contribution in [-0.2, 0) is 4.79 Å². The molecule has 0 unspecified atom stereocenters. The minimum atomic E-state index is -0.174. The van der Waals surface area contributed by atoms with Crippen molar-refractivity contribution in [1.82, 2.24) is 15.5 Å². The van der Waals surface area contributed by atoms with E-state index >= 15 is 0 Å². The molecule has 0 saturated carbocycles. The molecule has 2 aromatic rings. The molecular formula is C19H24ClN3O3. The molecular weight excluding hydrogens is 354 g/mol. The third kappa shape index (κ3) is 6.20. The molecule has 26 heavy (non-hydrogen) atoms. The molecule has 0 fully saturated rings. The maximum Gasteiger partial charge on any atom is 0.251 e. The molecule has 0 aliphatic rings. The first kappa shape index (κ1) is 20.0. The third-order valence-electron chi connectivity index (χ3n) is 3.96. The Morgan fingerprint density at radius 3 is 2.50 bits per heavy atom. The van der Waals surface area contributed by atoms with Crippen LogP contribution in [0.1, 0.15) is 35.0 Å². The Balaban J connectivity index is 1.67. The van der Waals surface area contributed by atoms with E-state index in [4.69, 9.17) is 16.0 Å². The first-order valence-electron chi connectivity index (χ1n) is 8.47. The van der Waals surface area contributed by atoms with Crippen LogP contribution in [-0.4, -0.2) is 43.9 Å². The van der Waals surface area contributed by atoms with Crippen LogP contribution in [0, 0.1) is 0 Å². The molecule has 1 atom stereocenters. The zero-order chi connectivity index (χ0) is 18.9. The van der Waals surface area contributed by atoms with Crippen LogP contribution in [0.4, 0.5) is 0 Å². The van der Waals surface area contributed by atoms with Crippen molar-refractivity contribution >= 4 is 23.4 Å². The summed E-state index contributed by atoms with van der Waals surface area (Å²) in [6, 6.07) is 10.4. The smallest absolute Gasteiger partial charge is 0.251 e. The molecule has 2 rings (SSSR count). The summed E-state index contributed by atoms with van der Waals surface area (Å²) in [5, 5.41) is 6.29. The van der Waals surface area contributed by atoms with Gasteiger partial charge in [-0.05, 0) is 56.9 Å². The molecule has 1 heterocycles. The number of benzene rings is 1. The van der Waals surface area contributed by atoms with Gasteiger partial charge in [0.1, 0.15) is 5.76 Å². The molecule has 0 saturated heterocycles. The van der Waals surface area contributed by atoms with E-state index in [1.165, 1.54) is 0 Å². The normalized spacial score (nSPS) is 12.0. The fourth-order valence-corrected chi connectivity index (χ4v) is 2.60. The summed E-state index contributed by atoms with van der Waals surface area (Å²) >= 11 is 5.80. The molecule has 0 aliphatic heterocycles. The molecule has 7 heteroatoms. The van der Waals surface area contributed by atoms with Crippen molar-refractivity contribution in [1.29, 1.82) is 0 Å². The quantitative estimate of drug-likeness (QED) is 0.659. The number of carbonyl (C=O) groups excluding carboxylic acids is 2. The van der Waals surface area contributed by atoms with Crippen molar-refractivity contribution in [2.45, 2.75) is 18.9 Å². The second-order valence-corrected chi connectivity index (χ2v) is 6.60. The number of carbonyl (C=O) groups is 2. The Bertz CT molecular complexity index is 699. The minimum Gasteiger partial charge on any atom is -0.468 e. The maximum absolute atomic E-state index is 12.0. The predicted molar refractivity (Wildman–Crippen MR) is 101 cm³/mol. The summed E-state index contributed by atoms with van der Waals surface area (Å²) < 4.78 is 5.41. The van der Waals surface area contributed by atoms with Crippen molar-refractivity contribution in [3.05, 3.63) is 59.0 Å². The molecule has 140 valence electrons. The monoisotopic (exact) mass is 377 g/mol. The Morgan fingerprint density at radius 2 is 1.88 bits per heavy atom. The molecule has 0 bridgehead atoms.